The number of aryl methyl sites for hydroxylation is 1. The van der Waals surface area contributed by atoms with Gasteiger partial charge in [-0.05, 0) is 69.4 Å². The number of benzene rings is 2. The van der Waals surface area contributed by atoms with E-state index in [-0.39, 0.29) is 57.4 Å². The van der Waals surface area contributed by atoms with Gasteiger partial charge >= 0.3 is 12.2 Å². The number of amides is 4. The number of carbonyl (C=O) groups is 4. The smallest absolute Gasteiger partial charge is 0.411 e. The van der Waals surface area contributed by atoms with E-state index in [1.807, 2.05) is 19.1 Å². The first-order chi connectivity index (χ1) is 19.9. The number of carbonyl (C=O) groups excluding carboxylic acids is 4. The molecule has 0 bridgehead atoms. The summed E-state index contributed by atoms with van der Waals surface area (Å²) < 4.78 is 10.7. The monoisotopic (exact) mass is 577 g/mol. The van der Waals surface area contributed by atoms with E-state index in [1.165, 1.54) is 0 Å². The number of anilines is 1. The molecule has 0 spiro atoms. The number of nitrogens with one attached hydrogen (secondary N) is 3. The van der Waals surface area contributed by atoms with E-state index in [0.29, 0.717) is 16.8 Å². The standard InChI is InChI=1S/C31H39N5O6/c1-5-22-10-12-25(13-11-22)35-29(40)41-21-31(27(38)33-19-24-9-7-6-8-23(24)18-32)14-16-36(17-15-31)26(37)20-34-28(39)42-30(2,3)4/h6-13H,5,14-17,19-21H2,1-4H3,(H,33,38)(H,34,39)(H,35,40). The third kappa shape index (κ3) is 9.23. The number of likely N-dealkylation sites (tertiary alicyclic amines) is 1. The highest BCUT2D eigenvalue weighted by Gasteiger charge is 2.43. The lowest BCUT2D eigenvalue weighted by molar-refractivity contribution is -0.142. The summed E-state index contributed by atoms with van der Waals surface area (Å²) in [4.78, 5) is 52.5. The number of hydrogen-bond donors (Lipinski definition) is 3. The maximum Gasteiger partial charge on any atom is 0.411 e. The zero-order chi connectivity index (χ0) is 30.8. The van der Waals surface area contributed by atoms with Crippen LogP contribution in [0.3, 0.4) is 0 Å². The molecule has 1 aliphatic rings. The lowest BCUT2D eigenvalue weighted by Crippen LogP contribution is -2.53. The first-order valence-electron chi connectivity index (χ1n) is 14.0. The van der Waals surface area contributed by atoms with E-state index in [1.54, 1.807) is 62.1 Å². The fourth-order valence-corrected chi connectivity index (χ4v) is 4.52. The number of nitrogens with zero attached hydrogens (tertiary/aromatic N) is 2. The lowest BCUT2D eigenvalue weighted by atomic mass is 9.78. The van der Waals surface area contributed by atoms with Crippen molar-refractivity contribution >= 4 is 29.7 Å². The van der Waals surface area contributed by atoms with Gasteiger partial charge in [-0.2, -0.15) is 5.26 Å². The van der Waals surface area contributed by atoms with Crippen LogP contribution < -0.4 is 16.0 Å². The predicted octanol–water partition coefficient (Wildman–Crippen LogP) is 4.12. The molecular weight excluding hydrogens is 538 g/mol. The summed E-state index contributed by atoms with van der Waals surface area (Å²) in [5.41, 5.74) is 1.03. The van der Waals surface area contributed by atoms with Crippen molar-refractivity contribution in [2.24, 2.45) is 5.41 Å². The van der Waals surface area contributed by atoms with Gasteiger partial charge in [0.1, 0.15) is 18.8 Å². The van der Waals surface area contributed by atoms with Gasteiger partial charge in [-0.1, -0.05) is 37.3 Å². The van der Waals surface area contributed by atoms with E-state index in [0.717, 1.165) is 12.0 Å². The van der Waals surface area contributed by atoms with Gasteiger partial charge in [0.15, 0.2) is 0 Å². The molecule has 11 heteroatoms. The molecule has 2 aromatic carbocycles. The molecule has 0 aliphatic carbocycles. The van der Waals surface area contributed by atoms with E-state index < -0.39 is 23.2 Å². The van der Waals surface area contributed by atoms with Crippen molar-refractivity contribution in [3.05, 3.63) is 65.2 Å². The molecule has 3 rings (SSSR count). The second-order valence-corrected chi connectivity index (χ2v) is 11.2. The first-order valence-corrected chi connectivity index (χ1v) is 14.0. The summed E-state index contributed by atoms with van der Waals surface area (Å²) in [6, 6.07) is 16.5. The highest BCUT2D eigenvalue weighted by Crippen LogP contribution is 2.33. The summed E-state index contributed by atoms with van der Waals surface area (Å²) >= 11 is 0. The molecule has 42 heavy (non-hydrogen) atoms. The number of piperidine rings is 1. The second kappa shape index (κ2) is 14.3. The van der Waals surface area contributed by atoms with Crippen LogP contribution in [0.25, 0.3) is 0 Å². The fraction of sp³-hybridized carbons (Fsp3) is 0.452. The molecule has 1 fully saturated rings. The van der Waals surface area contributed by atoms with Gasteiger partial charge in [-0.15, -0.1) is 0 Å². The Labute approximate surface area is 246 Å². The molecule has 11 nitrogen and oxygen atoms in total. The van der Waals surface area contributed by atoms with Crippen LogP contribution in [0.5, 0.6) is 0 Å². The predicted molar refractivity (Wildman–Crippen MR) is 156 cm³/mol. The van der Waals surface area contributed by atoms with Gasteiger partial charge in [0.25, 0.3) is 0 Å². The zero-order valence-electron chi connectivity index (χ0n) is 24.6. The Balaban J connectivity index is 1.65. The molecule has 4 amide bonds. The number of alkyl carbamates (subject to hydrolysis) is 1. The highest BCUT2D eigenvalue weighted by molar-refractivity contribution is 5.87. The van der Waals surface area contributed by atoms with Crippen LogP contribution in [0.2, 0.25) is 0 Å². The number of nitriles is 1. The van der Waals surface area contributed by atoms with Gasteiger partial charge < -0.3 is 25.0 Å². The van der Waals surface area contributed by atoms with Crippen molar-refractivity contribution in [3.63, 3.8) is 0 Å². The third-order valence-corrected chi connectivity index (χ3v) is 7.00. The second-order valence-electron chi connectivity index (χ2n) is 11.2. The molecule has 224 valence electrons. The topological polar surface area (TPSA) is 150 Å². The minimum atomic E-state index is -1.10. The van der Waals surface area contributed by atoms with E-state index in [2.05, 4.69) is 22.0 Å². The summed E-state index contributed by atoms with van der Waals surface area (Å²) in [7, 11) is 0. The Morgan fingerprint density at radius 3 is 2.26 bits per heavy atom. The van der Waals surface area contributed by atoms with Crippen molar-refractivity contribution in [1.29, 1.82) is 5.26 Å². The highest BCUT2D eigenvalue weighted by atomic mass is 16.6. The maximum atomic E-state index is 13.6. The minimum absolute atomic E-state index is 0.128. The van der Waals surface area contributed by atoms with Gasteiger partial charge in [0.2, 0.25) is 11.8 Å². The molecule has 0 saturated carbocycles. The Hall–Kier alpha value is -4.59. The normalized spacial score (nSPS) is 14.2. The SMILES string of the molecule is CCc1ccc(NC(=O)OCC2(C(=O)NCc3ccccc3C#N)CCN(C(=O)CNC(=O)OC(C)(C)C)CC2)cc1. The zero-order valence-corrected chi connectivity index (χ0v) is 24.6. The van der Waals surface area contributed by atoms with Gasteiger partial charge in [0, 0.05) is 25.3 Å². The first kappa shape index (κ1) is 31.9. The molecular formula is C31H39N5O6. The van der Waals surface area contributed by atoms with E-state index in [4.69, 9.17) is 9.47 Å². The largest absolute Gasteiger partial charge is 0.448 e. The lowest BCUT2D eigenvalue weighted by Gasteiger charge is -2.40. The average molecular weight is 578 g/mol. The number of hydrogen-bond acceptors (Lipinski definition) is 7. The quantitative estimate of drug-likeness (QED) is 0.406. The van der Waals surface area contributed by atoms with Gasteiger partial charge in [-0.3, -0.25) is 14.9 Å². The summed E-state index contributed by atoms with van der Waals surface area (Å²) in [5, 5.41) is 17.4. The molecule has 0 atom stereocenters. The van der Waals surface area contributed by atoms with Crippen molar-refractivity contribution in [2.45, 2.75) is 59.1 Å². The molecule has 0 aromatic heterocycles. The van der Waals surface area contributed by atoms with Crippen molar-refractivity contribution < 1.29 is 28.7 Å². The molecule has 1 saturated heterocycles. The van der Waals surface area contributed by atoms with Gasteiger partial charge in [0.05, 0.1) is 17.0 Å². The minimum Gasteiger partial charge on any atom is -0.448 e. The van der Waals surface area contributed by atoms with Crippen molar-refractivity contribution in [3.8, 4) is 6.07 Å². The molecule has 1 heterocycles. The summed E-state index contributed by atoms with van der Waals surface area (Å²) in [6.45, 7) is 7.36. The van der Waals surface area contributed by atoms with Crippen LogP contribution in [0.4, 0.5) is 15.3 Å². The van der Waals surface area contributed by atoms with Crippen molar-refractivity contribution in [1.82, 2.24) is 15.5 Å². The molecule has 2 aromatic rings. The Bertz CT molecular complexity index is 1300. The Morgan fingerprint density at radius 1 is 0.976 bits per heavy atom. The van der Waals surface area contributed by atoms with Gasteiger partial charge in [-0.25, -0.2) is 9.59 Å². The third-order valence-electron chi connectivity index (χ3n) is 7.00. The van der Waals surface area contributed by atoms with E-state index in [9.17, 15) is 24.4 Å². The van der Waals surface area contributed by atoms with Crippen LogP contribution in [0, 0.1) is 16.7 Å². The average Bonchev–Trinajstić information content (AvgIpc) is 2.97. The molecule has 1 aliphatic heterocycles. The Morgan fingerprint density at radius 2 is 1.64 bits per heavy atom. The van der Waals surface area contributed by atoms with Crippen LogP contribution in [-0.4, -0.2) is 60.7 Å². The number of ether oxygens (including phenoxy) is 2. The van der Waals surface area contributed by atoms with E-state index >= 15 is 0 Å². The van der Waals surface area contributed by atoms with Crippen LogP contribution in [0.1, 0.15) is 57.2 Å². The molecule has 0 unspecified atom stereocenters. The fourth-order valence-electron chi connectivity index (χ4n) is 4.52. The molecule has 0 radical (unpaired) electrons. The maximum absolute atomic E-state index is 13.6. The molecule has 3 N–H and O–H groups in total. The van der Waals surface area contributed by atoms with Crippen molar-refractivity contribution in [2.75, 3.05) is 31.6 Å². The Kier molecular flexibility index (Phi) is 10.9. The van der Waals surface area contributed by atoms with Crippen LogP contribution in [-0.2, 0) is 32.0 Å². The van der Waals surface area contributed by atoms with Crippen LogP contribution in [0.15, 0.2) is 48.5 Å². The van der Waals surface area contributed by atoms with Crippen LogP contribution >= 0.6 is 0 Å². The number of rotatable bonds is 9. The summed E-state index contributed by atoms with van der Waals surface area (Å²) in [6.07, 6.45) is -0.0490. The summed E-state index contributed by atoms with van der Waals surface area (Å²) in [5.74, 6) is -0.652.